The number of hydrogen-bond donors (Lipinski definition) is 1. The van der Waals surface area contributed by atoms with E-state index in [2.05, 4.69) is 26.2 Å². The molecule has 0 aromatic carbocycles. The van der Waals surface area contributed by atoms with Crippen molar-refractivity contribution in [2.75, 3.05) is 19.8 Å². The first-order valence-electron chi connectivity index (χ1n) is 4.73. The largest absolute Gasteiger partial charge is 0.380 e. The van der Waals surface area contributed by atoms with Gasteiger partial charge in [-0.05, 0) is 35.0 Å². The first-order valence-corrected chi connectivity index (χ1v) is 5.52. The second-order valence-electron chi connectivity index (χ2n) is 2.83. The van der Waals surface area contributed by atoms with Crippen molar-refractivity contribution in [2.24, 2.45) is 0 Å². The molecule has 4 heteroatoms. The number of hydrogen-bond acceptors (Lipinski definition) is 3. The minimum absolute atomic E-state index is 0.754. The van der Waals surface area contributed by atoms with Crippen molar-refractivity contribution in [3.05, 3.63) is 28.5 Å². The van der Waals surface area contributed by atoms with Crippen LogP contribution in [-0.4, -0.2) is 24.7 Å². The topological polar surface area (TPSA) is 34.1 Å². The molecule has 0 unspecified atom stereocenters. The molecule has 0 amide bonds. The Morgan fingerprint density at radius 2 is 2.36 bits per heavy atom. The highest BCUT2D eigenvalue weighted by Gasteiger charge is 1.94. The van der Waals surface area contributed by atoms with E-state index in [1.54, 1.807) is 0 Å². The molecule has 1 aromatic rings. The fourth-order valence-electron chi connectivity index (χ4n) is 1.05. The second kappa shape index (κ2) is 6.92. The van der Waals surface area contributed by atoms with Gasteiger partial charge in [0.2, 0.25) is 0 Å². The average Bonchev–Trinajstić information content (AvgIpc) is 2.18. The summed E-state index contributed by atoms with van der Waals surface area (Å²) in [6.45, 7) is 5.17. The van der Waals surface area contributed by atoms with Crippen LogP contribution < -0.4 is 5.32 Å². The molecular formula is C10H15BrN2O. The monoisotopic (exact) mass is 258 g/mol. The van der Waals surface area contributed by atoms with Crippen LogP contribution >= 0.6 is 15.9 Å². The Morgan fingerprint density at radius 3 is 3.07 bits per heavy atom. The summed E-state index contributed by atoms with van der Waals surface area (Å²) in [5.74, 6) is 0. The van der Waals surface area contributed by atoms with Gasteiger partial charge in [-0.1, -0.05) is 6.07 Å². The van der Waals surface area contributed by atoms with Gasteiger partial charge in [-0.3, -0.25) is 0 Å². The van der Waals surface area contributed by atoms with Gasteiger partial charge in [-0.25, -0.2) is 4.98 Å². The average molecular weight is 259 g/mol. The lowest BCUT2D eigenvalue weighted by molar-refractivity contribution is 0.149. The maximum absolute atomic E-state index is 5.20. The maximum Gasteiger partial charge on any atom is 0.106 e. The standard InChI is InChI=1S/C10H15BrN2O/c1-2-14-7-6-12-8-9-4-3-5-10(11)13-9/h3-5,12H,2,6-8H2,1H3. The van der Waals surface area contributed by atoms with Gasteiger partial charge in [-0.15, -0.1) is 0 Å². The third-order valence-corrected chi connectivity index (χ3v) is 2.15. The molecule has 1 heterocycles. The Labute approximate surface area is 93.0 Å². The van der Waals surface area contributed by atoms with E-state index in [0.29, 0.717) is 0 Å². The minimum atomic E-state index is 0.754. The van der Waals surface area contributed by atoms with E-state index in [1.807, 2.05) is 25.1 Å². The molecule has 0 aliphatic rings. The third-order valence-electron chi connectivity index (χ3n) is 1.71. The lowest BCUT2D eigenvalue weighted by Crippen LogP contribution is -2.19. The van der Waals surface area contributed by atoms with Crippen molar-refractivity contribution in [3.8, 4) is 0 Å². The van der Waals surface area contributed by atoms with Gasteiger partial charge in [0.25, 0.3) is 0 Å². The molecule has 0 saturated carbocycles. The van der Waals surface area contributed by atoms with Crippen LogP contribution in [0.5, 0.6) is 0 Å². The molecule has 1 aromatic heterocycles. The van der Waals surface area contributed by atoms with E-state index in [0.717, 1.165) is 36.6 Å². The van der Waals surface area contributed by atoms with Gasteiger partial charge in [0, 0.05) is 19.7 Å². The first-order chi connectivity index (χ1) is 6.83. The van der Waals surface area contributed by atoms with Crippen LogP contribution in [0.4, 0.5) is 0 Å². The summed E-state index contributed by atoms with van der Waals surface area (Å²) in [4.78, 5) is 4.30. The summed E-state index contributed by atoms with van der Waals surface area (Å²) >= 11 is 3.33. The normalized spacial score (nSPS) is 10.4. The lowest BCUT2D eigenvalue weighted by Gasteiger charge is -2.04. The highest BCUT2D eigenvalue weighted by atomic mass is 79.9. The Balaban J connectivity index is 2.18. The summed E-state index contributed by atoms with van der Waals surface area (Å²) in [6, 6.07) is 5.90. The number of nitrogens with zero attached hydrogens (tertiary/aromatic N) is 1. The predicted octanol–water partition coefficient (Wildman–Crippen LogP) is 1.97. The lowest BCUT2D eigenvalue weighted by atomic mass is 10.3. The van der Waals surface area contributed by atoms with Crippen LogP contribution in [0.3, 0.4) is 0 Å². The zero-order valence-electron chi connectivity index (χ0n) is 8.29. The molecule has 0 fully saturated rings. The molecular weight excluding hydrogens is 244 g/mol. The van der Waals surface area contributed by atoms with Gasteiger partial charge in [0.15, 0.2) is 0 Å². The van der Waals surface area contributed by atoms with Crippen LogP contribution in [0.25, 0.3) is 0 Å². The number of pyridine rings is 1. The van der Waals surface area contributed by atoms with Crippen molar-refractivity contribution in [3.63, 3.8) is 0 Å². The summed E-state index contributed by atoms with van der Waals surface area (Å²) in [5, 5.41) is 3.26. The summed E-state index contributed by atoms with van der Waals surface area (Å²) < 4.78 is 6.08. The Kier molecular flexibility index (Phi) is 5.75. The smallest absolute Gasteiger partial charge is 0.106 e. The van der Waals surface area contributed by atoms with Crippen LogP contribution in [0.2, 0.25) is 0 Å². The van der Waals surface area contributed by atoms with Gasteiger partial charge in [-0.2, -0.15) is 0 Å². The van der Waals surface area contributed by atoms with Crippen molar-refractivity contribution in [2.45, 2.75) is 13.5 Å². The highest BCUT2D eigenvalue weighted by Crippen LogP contribution is 2.05. The van der Waals surface area contributed by atoms with Crippen molar-refractivity contribution in [1.82, 2.24) is 10.3 Å². The molecule has 1 rings (SSSR count). The van der Waals surface area contributed by atoms with Crippen molar-refractivity contribution < 1.29 is 4.74 Å². The Bertz CT molecular complexity index is 268. The molecule has 0 atom stereocenters. The van der Waals surface area contributed by atoms with Crippen LogP contribution in [-0.2, 0) is 11.3 Å². The fraction of sp³-hybridized carbons (Fsp3) is 0.500. The molecule has 0 aliphatic carbocycles. The van der Waals surface area contributed by atoms with Gasteiger partial charge >= 0.3 is 0 Å². The number of halogens is 1. The zero-order valence-corrected chi connectivity index (χ0v) is 9.88. The third kappa shape index (κ3) is 4.69. The SMILES string of the molecule is CCOCCNCc1cccc(Br)n1. The first kappa shape index (κ1) is 11.6. The van der Waals surface area contributed by atoms with Gasteiger partial charge < -0.3 is 10.1 Å². The van der Waals surface area contributed by atoms with E-state index in [-0.39, 0.29) is 0 Å². The van der Waals surface area contributed by atoms with Crippen LogP contribution in [0.15, 0.2) is 22.8 Å². The van der Waals surface area contributed by atoms with E-state index in [1.165, 1.54) is 0 Å². The zero-order chi connectivity index (χ0) is 10.2. The van der Waals surface area contributed by atoms with Crippen LogP contribution in [0, 0.1) is 0 Å². The number of rotatable bonds is 6. The second-order valence-corrected chi connectivity index (χ2v) is 3.64. The van der Waals surface area contributed by atoms with Crippen LogP contribution in [0.1, 0.15) is 12.6 Å². The fourth-order valence-corrected chi connectivity index (χ4v) is 1.43. The molecule has 14 heavy (non-hydrogen) atoms. The molecule has 0 spiro atoms. The highest BCUT2D eigenvalue weighted by molar-refractivity contribution is 9.10. The number of ether oxygens (including phenoxy) is 1. The Morgan fingerprint density at radius 1 is 1.50 bits per heavy atom. The molecule has 3 nitrogen and oxygen atoms in total. The quantitative estimate of drug-likeness (QED) is 0.626. The van der Waals surface area contributed by atoms with Gasteiger partial charge in [0.05, 0.1) is 12.3 Å². The van der Waals surface area contributed by atoms with E-state index < -0.39 is 0 Å². The van der Waals surface area contributed by atoms with E-state index in [9.17, 15) is 0 Å². The number of nitrogens with one attached hydrogen (secondary N) is 1. The summed E-state index contributed by atoms with van der Waals surface area (Å²) in [6.07, 6.45) is 0. The molecule has 1 N–H and O–H groups in total. The number of aromatic nitrogens is 1. The summed E-state index contributed by atoms with van der Waals surface area (Å²) in [5.41, 5.74) is 1.04. The van der Waals surface area contributed by atoms with E-state index in [4.69, 9.17) is 4.74 Å². The van der Waals surface area contributed by atoms with E-state index >= 15 is 0 Å². The Hall–Kier alpha value is -0.450. The maximum atomic E-state index is 5.20. The molecule has 0 radical (unpaired) electrons. The molecule has 0 saturated heterocycles. The molecule has 0 bridgehead atoms. The molecule has 0 aliphatic heterocycles. The van der Waals surface area contributed by atoms with Crippen molar-refractivity contribution >= 4 is 15.9 Å². The summed E-state index contributed by atoms with van der Waals surface area (Å²) in [7, 11) is 0. The predicted molar refractivity (Wildman–Crippen MR) is 60.1 cm³/mol. The van der Waals surface area contributed by atoms with Gasteiger partial charge in [0.1, 0.15) is 4.60 Å². The molecule has 78 valence electrons. The minimum Gasteiger partial charge on any atom is -0.380 e. The van der Waals surface area contributed by atoms with Crippen molar-refractivity contribution in [1.29, 1.82) is 0 Å².